The van der Waals surface area contributed by atoms with E-state index in [0.29, 0.717) is 17.0 Å². The second kappa shape index (κ2) is 4.93. The van der Waals surface area contributed by atoms with Crippen LogP contribution in [-0.2, 0) is 0 Å². The molecule has 0 saturated carbocycles. The van der Waals surface area contributed by atoms with Crippen LogP contribution in [0.2, 0.25) is 0 Å². The summed E-state index contributed by atoms with van der Waals surface area (Å²) in [6, 6.07) is 4.02. The number of amides is 1. The van der Waals surface area contributed by atoms with Crippen LogP contribution in [0.5, 0.6) is 0 Å². The fourth-order valence-corrected chi connectivity index (χ4v) is 3.56. The highest BCUT2D eigenvalue weighted by molar-refractivity contribution is 5.94. The Hall–Kier alpha value is -1.42. The van der Waals surface area contributed by atoms with Gasteiger partial charge in [0.1, 0.15) is 0 Å². The van der Waals surface area contributed by atoms with Crippen molar-refractivity contribution in [3.8, 4) is 0 Å². The Morgan fingerprint density at radius 1 is 1.47 bits per heavy atom. The molecular weight excluding hydrogens is 238 g/mol. The molecule has 0 bridgehead atoms. The van der Waals surface area contributed by atoms with Crippen molar-refractivity contribution < 1.29 is 4.79 Å². The smallest absolute Gasteiger partial charge is 0.255 e. The average Bonchev–Trinajstić information content (AvgIpc) is 2.76. The van der Waals surface area contributed by atoms with Gasteiger partial charge in [-0.2, -0.15) is 0 Å². The van der Waals surface area contributed by atoms with Gasteiger partial charge in [-0.1, -0.05) is 0 Å². The van der Waals surface area contributed by atoms with Crippen molar-refractivity contribution in [1.82, 2.24) is 15.2 Å². The highest BCUT2D eigenvalue weighted by Crippen LogP contribution is 2.42. The quantitative estimate of drug-likeness (QED) is 0.834. The van der Waals surface area contributed by atoms with E-state index in [1.54, 1.807) is 12.4 Å². The van der Waals surface area contributed by atoms with Crippen molar-refractivity contribution in [2.75, 3.05) is 19.6 Å². The molecule has 19 heavy (non-hydrogen) atoms. The summed E-state index contributed by atoms with van der Waals surface area (Å²) in [5.74, 6) is 0.135. The van der Waals surface area contributed by atoms with E-state index in [0.717, 1.165) is 26.1 Å². The summed E-state index contributed by atoms with van der Waals surface area (Å²) in [7, 11) is 0. The molecule has 1 N–H and O–H groups in total. The molecule has 2 fully saturated rings. The van der Waals surface area contributed by atoms with Gasteiger partial charge >= 0.3 is 0 Å². The van der Waals surface area contributed by atoms with E-state index < -0.39 is 0 Å². The maximum Gasteiger partial charge on any atom is 0.255 e. The van der Waals surface area contributed by atoms with Gasteiger partial charge in [-0.05, 0) is 56.8 Å². The van der Waals surface area contributed by atoms with E-state index in [9.17, 15) is 4.79 Å². The Labute approximate surface area is 114 Å². The SMILES string of the molecule is CC1CC2(CCNCC2)CN1C(=O)c1cccnc1. The monoisotopic (exact) mass is 259 g/mol. The first kappa shape index (κ1) is 12.6. The van der Waals surface area contributed by atoms with Gasteiger partial charge in [-0.25, -0.2) is 0 Å². The number of rotatable bonds is 1. The van der Waals surface area contributed by atoms with Crippen molar-refractivity contribution in [1.29, 1.82) is 0 Å². The summed E-state index contributed by atoms with van der Waals surface area (Å²) >= 11 is 0. The molecule has 1 atom stereocenters. The van der Waals surface area contributed by atoms with Crippen molar-refractivity contribution in [3.63, 3.8) is 0 Å². The molecule has 3 heterocycles. The first-order chi connectivity index (χ1) is 9.20. The first-order valence-corrected chi connectivity index (χ1v) is 7.12. The van der Waals surface area contributed by atoms with Gasteiger partial charge in [0, 0.05) is 25.0 Å². The zero-order chi connectivity index (χ0) is 13.3. The number of nitrogens with zero attached hydrogens (tertiary/aromatic N) is 2. The maximum atomic E-state index is 12.6. The second-order valence-electron chi connectivity index (χ2n) is 5.98. The lowest BCUT2D eigenvalue weighted by Gasteiger charge is -2.33. The number of carbonyl (C=O) groups is 1. The van der Waals surface area contributed by atoms with E-state index in [1.807, 2.05) is 17.0 Å². The summed E-state index contributed by atoms with van der Waals surface area (Å²) in [5, 5.41) is 3.41. The van der Waals surface area contributed by atoms with Crippen LogP contribution in [0.4, 0.5) is 0 Å². The number of aromatic nitrogens is 1. The molecule has 2 saturated heterocycles. The topological polar surface area (TPSA) is 45.2 Å². The van der Waals surface area contributed by atoms with Crippen LogP contribution in [0, 0.1) is 5.41 Å². The molecule has 0 radical (unpaired) electrons. The highest BCUT2D eigenvalue weighted by atomic mass is 16.2. The molecule has 2 aliphatic heterocycles. The van der Waals surface area contributed by atoms with Crippen LogP contribution in [0.3, 0.4) is 0 Å². The number of piperidine rings is 1. The number of pyridine rings is 1. The molecule has 1 amide bonds. The molecule has 102 valence electrons. The molecule has 0 aliphatic carbocycles. The number of carbonyl (C=O) groups excluding carboxylic acids is 1. The van der Waals surface area contributed by atoms with E-state index >= 15 is 0 Å². The number of hydrogen-bond donors (Lipinski definition) is 1. The van der Waals surface area contributed by atoms with Crippen LogP contribution in [0.1, 0.15) is 36.5 Å². The van der Waals surface area contributed by atoms with Gasteiger partial charge in [0.05, 0.1) is 5.56 Å². The van der Waals surface area contributed by atoms with E-state index in [-0.39, 0.29) is 5.91 Å². The predicted molar refractivity (Wildman–Crippen MR) is 73.9 cm³/mol. The van der Waals surface area contributed by atoms with Crippen LogP contribution >= 0.6 is 0 Å². The predicted octanol–water partition coefficient (Wildman–Crippen LogP) is 1.69. The summed E-state index contributed by atoms with van der Waals surface area (Å²) in [5.41, 5.74) is 1.06. The summed E-state index contributed by atoms with van der Waals surface area (Å²) < 4.78 is 0. The van der Waals surface area contributed by atoms with Crippen LogP contribution in [0.25, 0.3) is 0 Å². The fourth-order valence-electron chi connectivity index (χ4n) is 3.56. The molecule has 4 nitrogen and oxygen atoms in total. The molecule has 1 aromatic rings. The third kappa shape index (κ3) is 2.37. The summed E-state index contributed by atoms with van der Waals surface area (Å²) in [4.78, 5) is 18.6. The number of hydrogen-bond acceptors (Lipinski definition) is 3. The van der Waals surface area contributed by atoms with Crippen LogP contribution in [0.15, 0.2) is 24.5 Å². The first-order valence-electron chi connectivity index (χ1n) is 7.12. The third-order valence-corrected chi connectivity index (χ3v) is 4.60. The molecule has 0 aromatic carbocycles. The van der Waals surface area contributed by atoms with Gasteiger partial charge in [0.2, 0.25) is 0 Å². The number of nitrogens with one attached hydrogen (secondary N) is 1. The van der Waals surface area contributed by atoms with E-state index in [2.05, 4.69) is 17.2 Å². The lowest BCUT2D eigenvalue weighted by molar-refractivity contribution is 0.0723. The Bertz CT molecular complexity index is 454. The van der Waals surface area contributed by atoms with Gasteiger partial charge in [-0.15, -0.1) is 0 Å². The zero-order valence-corrected chi connectivity index (χ0v) is 11.4. The Balaban J connectivity index is 1.77. The molecule has 1 spiro atoms. The van der Waals surface area contributed by atoms with Crippen molar-refractivity contribution >= 4 is 5.91 Å². The zero-order valence-electron chi connectivity index (χ0n) is 11.4. The van der Waals surface area contributed by atoms with Crippen molar-refractivity contribution in [2.45, 2.75) is 32.2 Å². The molecule has 1 aromatic heterocycles. The fraction of sp³-hybridized carbons (Fsp3) is 0.600. The van der Waals surface area contributed by atoms with Gasteiger partial charge in [0.25, 0.3) is 5.91 Å². The molecule has 1 unspecified atom stereocenters. The molecule has 3 rings (SSSR count). The van der Waals surface area contributed by atoms with Crippen molar-refractivity contribution in [2.24, 2.45) is 5.41 Å². The lowest BCUT2D eigenvalue weighted by Crippen LogP contribution is -2.40. The summed E-state index contributed by atoms with van der Waals surface area (Å²) in [6.45, 7) is 5.25. The average molecular weight is 259 g/mol. The van der Waals surface area contributed by atoms with E-state index in [4.69, 9.17) is 0 Å². The minimum atomic E-state index is 0.135. The molecular formula is C15H21N3O. The van der Waals surface area contributed by atoms with Crippen LogP contribution < -0.4 is 5.32 Å². The largest absolute Gasteiger partial charge is 0.335 e. The van der Waals surface area contributed by atoms with Gasteiger partial charge in [-0.3, -0.25) is 9.78 Å². The molecule has 2 aliphatic rings. The number of likely N-dealkylation sites (tertiary alicyclic amines) is 1. The third-order valence-electron chi connectivity index (χ3n) is 4.60. The van der Waals surface area contributed by atoms with Gasteiger partial charge < -0.3 is 10.2 Å². The Morgan fingerprint density at radius 3 is 2.95 bits per heavy atom. The minimum Gasteiger partial charge on any atom is -0.335 e. The maximum absolute atomic E-state index is 12.6. The van der Waals surface area contributed by atoms with Crippen molar-refractivity contribution in [3.05, 3.63) is 30.1 Å². The second-order valence-corrected chi connectivity index (χ2v) is 5.98. The minimum absolute atomic E-state index is 0.135. The highest BCUT2D eigenvalue weighted by Gasteiger charge is 2.44. The standard InChI is InChI=1S/C15H21N3O/c1-12-9-15(4-7-16-8-5-15)11-18(12)14(19)13-3-2-6-17-10-13/h2-3,6,10,12,16H,4-5,7-9,11H2,1H3. The lowest BCUT2D eigenvalue weighted by atomic mass is 9.77. The molecule has 4 heteroatoms. The van der Waals surface area contributed by atoms with E-state index in [1.165, 1.54) is 12.8 Å². The summed E-state index contributed by atoms with van der Waals surface area (Å²) in [6.07, 6.45) is 6.89. The normalized spacial score (nSPS) is 25.7. The van der Waals surface area contributed by atoms with Gasteiger partial charge in [0.15, 0.2) is 0 Å². The Morgan fingerprint density at radius 2 is 2.26 bits per heavy atom. The van der Waals surface area contributed by atoms with Crippen LogP contribution in [-0.4, -0.2) is 41.5 Å². The Kier molecular flexibility index (Phi) is 3.27.